The third-order valence-electron chi connectivity index (χ3n) is 5.96. The fourth-order valence-corrected chi connectivity index (χ4v) is 4.23. The molecule has 3 N–H and O–H groups in total. The minimum absolute atomic E-state index is 0.00483. The largest absolute Gasteiger partial charge is 0.378 e. The summed E-state index contributed by atoms with van der Waals surface area (Å²) in [6.45, 7) is 2.98. The number of fused-ring (bicyclic) bond motifs is 1. The number of carbonyl (C=O) groups excluding carboxylic acids is 1. The molecule has 1 saturated heterocycles. The Morgan fingerprint density at radius 3 is 2.71 bits per heavy atom. The second-order valence-electron chi connectivity index (χ2n) is 8.44. The van der Waals surface area contributed by atoms with Gasteiger partial charge in [0.05, 0.1) is 19.6 Å². The summed E-state index contributed by atoms with van der Waals surface area (Å²) in [4.78, 5) is 45.8. The van der Waals surface area contributed by atoms with Crippen LogP contribution >= 0.6 is 0 Å². The van der Waals surface area contributed by atoms with Crippen LogP contribution in [0.5, 0.6) is 0 Å². The molecular weight excluding hydrogens is 434 g/mol. The lowest BCUT2D eigenvalue weighted by Gasteiger charge is -2.31. The molecule has 178 valence electrons. The first-order chi connectivity index (χ1) is 16.4. The van der Waals surface area contributed by atoms with Crippen molar-refractivity contribution in [2.45, 2.75) is 38.9 Å². The Morgan fingerprint density at radius 2 is 2.00 bits per heavy atom. The lowest BCUT2D eigenvalue weighted by Crippen LogP contribution is -2.44. The molecule has 0 saturated carbocycles. The number of Topliss-reactive ketones (excluding diaryl/α,β-unsaturated/α-hetero) is 1. The fourth-order valence-electron chi connectivity index (χ4n) is 4.23. The highest BCUT2D eigenvalue weighted by atomic mass is 16.2. The Balaban J connectivity index is 1.73. The predicted molar refractivity (Wildman–Crippen MR) is 132 cm³/mol. The topological polar surface area (TPSA) is 120 Å². The number of hydrogen-bond acceptors (Lipinski definition) is 7. The number of aryl methyl sites for hydroxylation is 1. The first-order valence-corrected chi connectivity index (χ1v) is 11.3. The van der Waals surface area contributed by atoms with E-state index in [4.69, 9.17) is 5.73 Å². The van der Waals surface area contributed by atoms with Crippen molar-refractivity contribution in [3.05, 3.63) is 51.2 Å². The van der Waals surface area contributed by atoms with E-state index in [9.17, 15) is 14.4 Å². The van der Waals surface area contributed by atoms with E-state index >= 15 is 0 Å². The van der Waals surface area contributed by atoms with Crippen LogP contribution in [0.3, 0.4) is 0 Å². The van der Waals surface area contributed by atoms with Gasteiger partial charge in [-0.15, -0.1) is 5.92 Å². The van der Waals surface area contributed by atoms with Crippen LogP contribution in [0, 0.1) is 11.8 Å². The van der Waals surface area contributed by atoms with E-state index in [0.717, 1.165) is 29.6 Å². The van der Waals surface area contributed by atoms with Crippen LogP contribution in [-0.2, 0) is 24.9 Å². The third-order valence-corrected chi connectivity index (χ3v) is 5.96. The number of nitrogens with two attached hydrogens (primary N) is 1. The number of rotatable bonds is 7. The van der Waals surface area contributed by atoms with Gasteiger partial charge in [0.2, 0.25) is 5.95 Å². The Hall–Kier alpha value is -3.84. The van der Waals surface area contributed by atoms with E-state index in [1.54, 1.807) is 18.5 Å². The van der Waals surface area contributed by atoms with Crippen molar-refractivity contribution in [2.75, 3.05) is 29.9 Å². The SMILES string of the molecule is CC#CCn1c(N2CCCC(N)C2)nc2c1c(=O)n(CC(=O)CNc1ccccc1)c(=O)n2C. The number of nitrogens with zero attached hydrogens (tertiary/aromatic N) is 5. The zero-order valence-corrected chi connectivity index (χ0v) is 19.5. The standard InChI is InChI=1S/C24H29N7O3/c1-3-4-13-30-20-21(27-23(30)29-12-8-9-17(25)15-29)28(2)24(34)31(22(20)33)16-19(32)14-26-18-10-6-5-7-11-18/h5-7,10-11,17,26H,8-9,12-16,25H2,1-2H3. The first-order valence-electron chi connectivity index (χ1n) is 11.3. The number of hydrogen-bond donors (Lipinski definition) is 2. The van der Waals surface area contributed by atoms with E-state index in [1.165, 1.54) is 4.57 Å². The van der Waals surface area contributed by atoms with E-state index in [0.29, 0.717) is 12.5 Å². The smallest absolute Gasteiger partial charge is 0.332 e. The summed E-state index contributed by atoms with van der Waals surface area (Å²) in [5, 5.41) is 3.02. The van der Waals surface area contributed by atoms with Gasteiger partial charge < -0.3 is 16.0 Å². The molecule has 1 atom stereocenters. The molecule has 10 heteroatoms. The van der Waals surface area contributed by atoms with E-state index in [2.05, 4.69) is 22.1 Å². The van der Waals surface area contributed by atoms with Gasteiger partial charge in [-0.05, 0) is 31.9 Å². The van der Waals surface area contributed by atoms with Crippen LogP contribution in [0.1, 0.15) is 19.8 Å². The summed E-state index contributed by atoms with van der Waals surface area (Å²) in [5.74, 6) is 6.13. The van der Waals surface area contributed by atoms with Gasteiger partial charge in [-0.2, -0.15) is 4.98 Å². The van der Waals surface area contributed by atoms with Crippen molar-refractivity contribution in [2.24, 2.45) is 12.8 Å². The molecule has 10 nitrogen and oxygen atoms in total. The summed E-state index contributed by atoms with van der Waals surface area (Å²) in [5.41, 5.74) is 6.34. The molecule has 0 amide bonds. The maximum Gasteiger partial charge on any atom is 0.332 e. The van der Waals surface area contributed by atoms with Crippen molar-refractivity contribution in [3.8, 4) is 11.8 Å². The number of para-hydroxylation sites is 1. The van der Waals surface area contributed by atoms with Crippen LogP contribution in [0.25, 0.3) is 11.2 Å². The van der Waals surface area contributed by atoms with Crippen molar-refractivity contribution in [3.63, 3.8) is 0 Å². The van der Waals surface area contributed by atoms with Crippen LogP contribution in [0.4, 0.5) is 11.6 Å². The highest BCUT2D eigenvalue weighted by molar-refractivity contribution is 5.83. The van der Waals surface area contributed by atoms with Gasteiger partial charge in [0.1, 0.15) is 0 Å². The molecule has 4 rings (SSSR count). The number of nitrogens with one attached hydrogen (secondary N) is 1. The number of carbonyl (C=O) groups is 1. The number of aromatic nitrogens is 4. The number of imidazole rings is 1. The van der Waals surface area contributed by atoms with Crippen LogP contribution in [0.15, 0.2) is 39.9 Å². The highest BCUT2D eigenvalue weighted by Gasteiger charge is 2.26. The van der Waals surface area contributed by atoms with Crippen molar-refractivity contribution in [1.29, 1.82) is 0 Å². The van der Waals surface area contributed by atoms with Gasteiger partial charge >= 0.3 is 5.69 Å². The Bertz CT molecular complexity index is 1380. The lowest BCUT2D eigenvalue weighted by atomic mass is 10.1. The molecule has 0 bridgehead atoms. The average molecular weight is 464 g/mol. The molecule has 1 aliphatic rings. The summed E-state index contributed by atoms with van der Waals surface area (Å²) in [6.07, 6.45) is 1.84. The normalized spacial score (nSPS) is 15.7. The van der Waals surface area contributed by atoms with Gasteiger partial charge in [-0.3, -0.25) is 23.3 Å². The molecule has 1 unspecified atom stereocenters. The molecule has 0 radical (unpaired) electrons. The second-order valence-corrected chi connectivity index (χ2v) is 8.44. The quantitative estimate of drug-likeness (QED) is 0.491. The first kappa shape index (κ1) is 23.3. The Morgan fingerprint density at radius 1 is 1.24 bits per heavy atom. The third kappa shape index (κ3) is 4.61. The monoisotopic (exact) mass is 463 g/mol. The number of piperidine rings is 1. The summed E-state index contributed by atoms with van der Waals surface area (Å²) in [7, 11) is 1.56. The van der Waals surface area contributed by atoms with Gasteiger partial charge in [-0.1, -0.05) is 24.1 Å². The Kier molecular flexibility index (Phi) is 6.84. The molecule has 0 spiro atoms. The molecule has 3 aromatic rings. The summed E-state index contributed by atoms with van der Waals surface area (Å²) >= 11 is 0. The zero-order chi connectivity index (χ0) is 24.2. The van der Waals surface area contributed by atoms with E-state index in [1.807, 2.05) is 35.2 Å². The Labute approximate surface area is 197 Å². The average Bonchev–Trinajstić information content (AvgIpc) is 3.23. The fraction of sp³-hybridized carbons (Fsp3) is 0.417. The minimum atomic E-state index is -0.585. The number of anilines is 2. The molecule has 1 aliphatic heterocycles. The van der Waals surface area contributed by atoms with Crippen molar-refractivity contribution < 1.29 is 4.79 Å². The maximum absolute atomic E-state index is 13.5. The van der Waals surface area contributed by atoms with Gasteiger partial charge in [0, 0.05) is 31.9 Å². The molecular formula is C24H29N7O3. The molecule has 1 aromatic carbocycles. The van der Waals surface area contributed by atoms with Gasteiger partial charge in [0.15, 0.2) is 16.9 Å². The zero-order valence-electron chi connectivity index (χ0n) is 19.5. The van der Waals surface area contributed by atoms with Crippen LogP contribution in [-0.4, -0.2) is 50.1 Å². The summed E-state index contributed by atoms with van der Waals surface area (Å²) in [6, 6.07) is 9.28. The van der Waals surface area contributed by atoms with Crippen molar-refractivity contribution >= 4 is 28.6 Å². The minimum Gasteiger partial charge on any atom is -0.378 e. The second kappa shape index (κ2) is 9.97. The van der Waals surface area contributed by atoms with Crippen LogP contribution < -0.4 is 27.2 Å². The van der Waals surface area contributed by atoms with E-state index in [-0.39, 0.29) is 42.6 Å². The molecule has 2 aromatic heterocycles. The maximum atomic E-state index is 13.5. The summed E-state index contributed by atoms with van der Waals surface area (Å²) < 4.78 is 4.02. The predicted octanol–water partition coefficient (Wildman–Crippen LogP) is 0.529. The highest BCUT2D eigenvalue weighted by Crippen LogP contribution is 2.22. The molecule has 34 heavy (non-hydrogen) atoms. The lowest BCUT2D eigenvalue weighted by molar-refractivity contribution is -0.118. The number of ketones is 1. The molecule has 0 aliphatic carbocycles. The van der Waals surface area contributed by atoms with Gasteiger partial charge in [0.25, 0.3) is 5.56 Å². The van der Waals surface area contributed by atoms with Gasteiger partial charge in [-0.25, -0.2) is 4.79 Å². The van der Waals surface area contributed by atoms with Crippen molar-refractivity contribution in [1.82, 2.24) is 18.7 Å². The molecule has 3 heterocycles. The number of benzene rings is 1. The van der Waals surface area contributed by atoms with E-state index < -0.39 is 11.2 Å². The van der Waals surface area contributed by atoms with Crippen LogP contribution in [0.2, 0.25) is 0 Å². The molecule has 1 fully saturated rings.